The van der Waals surface area contributed by atoms with E-state index in [1.165, 1.54) is 0 Å². The van der Waals surface area contributed by atoms with E-state index in [-0.39, 0.29) is 23.8 Å². The number of aliphatic hydroxyl groups excluding tert-OH is 1. The molecule has 2 heterocycles. The molecule has 1 amide bonds. The van der Waals surface area contributed by atoms with E-state index in [9.17, 15) is 9.90 Å². The van der Waals surface area contributed by atoms with Gasteiger partial charge in [0.05, 0.1) is 24.1 Å². The van der Waals surface area contributed by atoms with Crippen LogP contribution in [0.4, 0.5) is 0 Å². The number of carbonyl (C=O) groups is 1. The molecule has 4 unspecified atom stereocenters. The van der Waals surface area contributed by atoms with Crippen LogP contribution in [0.25, 0.3) is 5.69 Å². The first kappa shape index (κ1) is 23.4. The van der Waals surface area contributed by atoms with E-state index in [0.717, 1.165) is 22.4 Å². The Morgan fingerprint density at radius 2 is 2.06 bits per heavy atom. The number of amides is 1. The van der Waals surface area contributed by atoms with Gasteiger partial charge in [-0.2, -0.15) is 0 Å². The van der Waals surface area contributed by atoms with Crippen LogP contribution in [0.3, 0.4) is 0 Å². The van der Waals surface area contributed by atoms with Crippen molar-refractivity contribution >= 4 is 17.5 Å². The van der Waals surface area contributed by atoms with Gasteiger partial charge in [-0.05, 0) is 73.6 Å². The Morgan fingerprint density at radius 3 is 2.67 bits per heavy atom. The summed E-state index contributed by atoms with van der Waals surface area (Å²) in [4.78, 5) is 16.4. The number of nitrogens with one attached hydrogen (secondary N) is 1. The average molecular weight is 470 g/mol. The third-order valence-corrected chi connectivity index (χ3v) is 6.56. The number of halogens is 1. The van der Waals surface area contributed by atoms with Gasteiger partial charge in [-0.3, -0.25) is 9.78 Å². The number of aliphatic hydroxyl groups is 1. The molecule has 3 aromatic rings. The maximum Gasteiger partial charge on any atom is 0.269 e. The summed E-state index contributed by atoms with van der Waals surface area (Å²) in [6.45, 7) is 4.55. The van der Waals surface area contributed by atoms with Crippen molar-refractivity contribution in [1.82, 2.24) is 25.3 Å². The van der Waals surface area contributed by atoms with Crippen molar-refractivity contribution in [3.8, 4) is 5.69 Å². The van der Waals surface area contributed by atoms with Crippen molar-refractivity contribution in [2.45, 2.75) is 44.8 Å². The molecule has 0 bridgehead atoms. The molecule has 0 spiro atoms. The highest BCUT2D eigenvalue weighted by molar-refractivity contribution is 6.29. The summed E-state index contributed by atoms with van der Waals surface area (Å²) in [6, 6.07) is 9.29. The lowest BCUT2D eigenvalue weighted by Gasteiger charge is -2.28. The van der Waals surface area contributed by atoms with Crippen LogP contribution in [-0.2, 0) is 4.74 Å². The second kappa shape index (κ2) is 9.99. The number of rotatable bonds is 7. The van der Waals surface area contributed by atoms with Gasteiger partial charge in [-0.1, -0.05) is 22.9 Å². The predicted octanol–water partition coefficient (Wildman–Crippen LogP) is 3.23. The quantitative estimate of drug-likeness (QED) is 0.550. The zero-order valence-electron chi connectivity index (χ0n) is 18.9. The number of nitrogens with zero attached hydrogens (tertiary/aromatic N) is 4. The summed E-state index contributed by atoms with van der Waals surface area (Å²) in [5, 5.41) is 22.2. The second-order valence-corrected chi connectivity index (χ2v) is 8.92. The molecule has 1 aliphatic rings. The third-order valence-electron chi connectivity index (χ3n) is 6.39. The summed E-state index contributed by atoms with van der Waals surface area (Å²) in [6.07, 6.45) is 3.89. The highest BCUT2D eigenvalue weighted by Gasteiger charge is 2.44. The average Bonchev–Trinajstić information content (AvgIpc) is 3.37. The Bertz CT molecular complexity index is 1100. The highest BCUT2D eigenvalue weighted by Crippen LogP contribution is 2.44. The first-order valence-electron chi connectivity index (χ1n) is 11.0. The fraction of sp³-hybridized carbons (Fsp3) is 0.417. The normalized spacial score (nSPS) is 22.5. The fourth-order valence-electron chi connectivity index (χ4n) is 5.02. The Labute approximate surface area is 197 Å². The maximum absolute atomic E-state index is 12.3. The van der Waals surface area contributed by atoms with Crippen LogP contribution < -0.4 is 5.32 Å². The monoisotopic (exact) mass is 469 g/mol. The molecule has 4 atom stereocenters. The number of aryl methyl sites for hydroxylation is 2. The van der Waals surface area contributed by atoms with Gasteiger partial charge in [0.15, 0.2) is 5.15 Å². The van der Waals surface area contributed by atoms with Gasteiger partial charge in [0.1, 0.15) is 5.69 Å². The summed E-state index contributed by atoms with van der Waals surface area (Å²) >= 11 is 5.92. The van der Waals surface area contributed by atoms with Gasteiger partial charge < -0.3 is 15.2 Å². The molecule has 2 aromatic heterocycles. The van der Waals surface area contributed by atoms with E-state index in [4.69, 9.17) is 16.3 Å². The SMILES string of the molecule is COC1C(CCNC(=O)c2ccccn2)CC(O)C1c1c(C)cc(-n2cc(Cl)nn2)cc1C. The lowest BCUT2D eigenvalue weighted by molar-refractivity contribution is 0.0436. The number of hydrogen-bond donors (Lipinski definition) is 2. The Hall–Kier alpha value is -2.81. The molecule has 1 saturated carbocycles. The van der Waals surface area contributed by atoms with Crippen molar-refractivity contribution < 1.29 is 14.6 Å². The number of carbonyl (C=O) groups excluding carboxylic acids is 1. The molecule has 1 fully saturated rings. The number of hydrogen-bond acceptors (Lipinski definition) is 6. The number of benzene rings is 1. The summed E-state index contributed by atoms with van der Waals surface area (Å²) in [7, 11) is 1.69. The van der Waals surface area contributed by atoms with Gasteiger partial charge in [0.25, 0.3) is 5.91 Å². The van der Waals surface area contributed by atoms with E-state index in [1.807, 2.05) is 26.0 Å². The molecule has 174 valence electrons. The van der Waals surface area contributed by atoms with Crippen molar-refractivity contribution in [2.24, 2.45) is 5.92 Å². The summed E-state index contributed by atoms with van der Waals surface area (Å²) < 4.78 is 7.54. The van der Waals surface area contributed by atoms with Crippen molar-refractivity contribution in [3.63, 3.8) is 0 Å². The van der Waals surface area contributed by atoms with E-state index in [0.29, 0.717) is 30.2 Å². The smallest absolute Gasteiger partial charge is 0.269 e. The fourth-order valence-corrected chi connectivity index (χ4v) is 5.15. The predicted molar refractivity (Wildman–Crippen MR) is 125 cm³/mol. The first-order valence-corrected chi connectivity index (χ1v) is 11.4. The molecule has 0 saturated heterocycles. The lowest BCUT2D eigenvalue weighted by Crippen LogP contribution is -2.30. The zero-order chi connectivity index (χ0) is 23.5. The van der Waals surface area contributed by atoms with Crippen LogP contribution in [0, 0.1) is 19.8 Å². The topological polar surface area (TPSA) is 102 Å². The standard InChI is InChI=1S/C24H28ClN5O3/c1-14-10-17(30-13-20(25)28-29-30)11-15(2)21(14)22-19(31)12-16(23(22)33-3)7-9-27-24(32)18-6-4-5-8-26-18/h4-6,8,10-11,13,16,19,22-23,31H,7,9,12H2,1-3H3,(H,27,32). The lowest BCUT2D eigenvalue weighted by atomic mass is 9.85. The zero-order valence-corrected chi connectivity index (χ0v) is 19.7. The number of methoxy groups -OCH3 is 1. The Morgan fingerprint density at radius 1 is 1.30 bits per heavy atom. The minimum Gasteiger partial charge on any atom is -0.392 e. The van der Waals surface area contributed by atoms with Crippen molar-refractivity contribution in [1.29, 1.82) is 0 Å². The molecular formula is C24H28ClN5O3. The van der Waals surface area contributed by atoms with Crippen molar-refractivity contribution in [2.75, 3.05) is 13.7 Å². The molecule has 2 N–H and O–H groups in total. The molecule has 0 aliphatic heterocycles. The molecule has 9 heteroatoms. The molecular weight excluding hydrogens is 442 g/mol. The van der Waals surface area contributed by atoms with Crippen LogP contribution in [-0.4, -0.2) is 56.9 Å². The van der Waals surface area contributed by atoms with Gasteiger partial charge in [0.2, 0.25) is 0 Å². The van der Waals surface area contributed by atoms with Crippen LogP contribution in [0.2, 0.25) is 5.15 Å². The first-order chi connectivity index (χ1) is 15.9. The summed E-state index contributed by atoms with van der Waals surface area (Å²) in [5.41, 5.74) is 4.44. The third kappa shape index (κ3) is 4.93. The molecule has 33 heavy (non-hydrogen) atoms. The maximum atomic E-state index is 12.3. The minimum absolute atomic E-state index is 0.117. The van der Waals surface area contributed by atoms with Crippen LogP contribution in [0.15, 0.2) is 42.7 Å². The molecule has 8 nitrogen and oxygen atoms in total. The van der Waals surface area contributed by atoms with Gasteiger partial charge in [0, 0.05) is 25.8 Å². The van der Waals surface area contributed by atoms with Crippen LogP contribution in [0.5, 0.6) is 0 Å². The van der Waals surface area contributed by atoms with Gasteiger partial charge >= 0.3 is 0 Å². The van der Waals surface area contributed by atoms with E-state index in [2.05, 4.69) is 20.6 Å². The van der Waals surface area contributed by atoms with E-state index >= 15 is 0 Å². The van der Waals surface area contributed by atoms with Gasteiger partial charge in [-0.15, -0.1) is 5.10 Å². The minimum atomic E-state index is -0.532. The Kier molecular flexibility index (Phi) is 7.07. The Balaban J connectivity index is 1.48. The number of pyridine rings is 1. The number of ether oxygens (including phenoxy) is 1. The largest absolute Gasteiger partial charge is 0.392 e. The number of aromatic nitrogens is 4. The van der Waals surface area contributed by atoms with Crippen LogP contribution in [0.1, 0.15) is 45.9 Å². The molecule has 1 aromatic carbocycles. The summed E-state index contributed by atoms with van der Waals surface area (Å²) in [5.74, 6) is -0.235. The van der Waals surface area contributed by atoms with Gasteiger partial charge in [-0.25, -0.2) is 4.68 Å². The van der Waals surface area contributed by atoms with Crippen molar-refractivity contribution in [3.05, 3.63) is 70.3 Å². The molecule has 1 aliphatic carbocycles. The molecule has 0 radical (unpaired) electrons. The highest BCUT2D eigenvalue weighted by atomic mass is 35.5. The molecule has 4 rings (SSSR count). The second-order valence-electron chi connectivity index (χ2n) is 8.53. The van der Waals surface area contributed by atoms with E-state index < -0.39 is 6.10 Å². The van der Waals surface area contributed by atoms with Crippen LogP contribution >= 0.6 is 11.6 Å². The van der Waals surface area contributed by atoms with E-state index in [1.54, 1.807) is 42.4 Å².